The predicted molar refractivity (Wildman–Crippen MR) is 129 cm³/mol. The maximum Gasteiger partial charge on any atom is 0.273 e. The van der Waals surface area contributed by atoms with Crippen molar-refractivity contribution < 1.29 is 24.1 Å². The maximum atomic E-state index is 13.4. The number of aromatic amines is 1. The van der Waals surface area contributed by atoms with Crippen LogP contribution in [-0.4, -0.2) is 59.6 Å². The van der Waals surface area contributed by atoms with E-state index in [-0.39, 0.29) is 11.7 Å². The summed E-state index contributed by atoms with van der Waals surface area (Å²) in [5, 5.41) is 18.0. The van der Waals surface area contributed by atoms with Crippen molar-refractivity contribution in [2.45, 2.75) is 33.2 Å². The van der Waals surface area contributed by atoms with Crippen molar-refractivity contribution in [2.24, 2.45) is 0 Å². The molecule has 1 aliphatic rings. The Morgan fingerprint density at radius 1 is 1.09 bits per heavy atom. The number of amides is 1. The Balaban J connectivity index is 1.86. The molecule has 2 heterocycles. The Bertz CT molecular complexity index is 1170. The fraction of sp³-hybridized carbons (Fsp3) is 0.385. The fourth-order valence-electron chi connectivity index (χ4n) is 4.44. The van der Waals surface area contributed by atoms with E-state index < -0.39 is 6.04 Å². The predicted octanol–water partition coefficient (Wildman–Crippen LogP) is 4.47. The third-order valence-corrected chi connectivity index (χ3v) is 5.90. The smallest absolute Gasteiger partial charge is 0.273 e. The molecular formula is C26H31N3O5. The zero-order chi connectivity index (χ0) is 24.2. The number of hydrogen-bond acceptors (Lipinski definition) is 6. The van der Waals surface area contributed by atoms with Crippen molar-refractivity contribution in [1.82, 2.24) is 15.1 Å². The minimum Gasteiger partial charge on any atom is -0.507 e. The first kappa shape index (κ1) is 23.6. The second-order valence-electron chi connectivity index (χ2n) is 8.20. The van der Waals surface area contributed by atoms with Gasteiger partial charge in [0.05, 0.1) is 19.3 Å². The lowest BCUT2D eigenvalue weighted by atomic mass is 9.94. The van der Waals surface area contributed by atoms with Gasteiger partial charge in [0.2, 0.25) is 0 Å². The normalized spacial score (nSPS) is 15.0. The molecule has 0 saturated heterocycles. The minimum atomic E-state index is -0.400. The highest BCUT2D eigenvalue weighted by atomic mass is 16.5. The van der Waals surface area contributed by atoms with E-state index in [0.717, 1.165) is 16.7 Å². The minimum absolute atomic E-state index is 0.116. The van der Waals surface area contributed by atoms with Crippen LogP contribution in [0.15, 0.2) is 36.4 Å². The molecule has 2 N–H and O–H groups in total. The Morgan fingerprint density at radius 2 is 1.85 bits per heavy atom. The monoisotopic (exact) mass is 465 g/mol. The van der Waals surface area contributed by atoms with Crippen LogP contribution < -0.4 is 9.47 Å². The van der Waals surface area contributed by atoms with Gasteiger partial charge in [0.1, 0.15) is 17.1 Å². The van der Waals surface area contributed by atoms with Gasteiger partial charge in [-0.25, -0.2) is 0 Å². The standard InChI is InChI=1S/C26H31N3O5/c1-5-33-20-11-9-17(15-21(20)34-6-2)25-22-23(18-14-16(3)8-10-19(18)30)27-28-24(22)26(31)29(25)12-7-13-32-4/h8-11,14-15,25,30H,5-7,12-13H2,1-4H3,(H,27,28)/t25-/m1/s1. The summed E-state index contributed by atoms with van der Waals surface area (Å²) in [4.78, 5) is 15.3. The maximum absolute atomic E-state index is 13.4. The van der Waals surface area contributed by atoms with Crippen molar-refractivity contribution in [3.63, 3.8) is 0 Å². The van der Waals surface area contributed by atoms with Crippen LogP contribution >= 0.6 is 0 Å². The molecule has 0 aliphatic carbocycles. The van der Waals surface area contributed by atoms with Gasteiger partial charge in [-0.3, -0.25) is 9.89 Å². The summed E-state index contributed by atoms with van der Waals surface area (Å²) >= 11 is 0. The van der Waals surface area contributed by atoms with Gasteiger partial charge in [0, 0.05) is 31.4 Å². The Labute approximate surface area is 199 Å². The van der Waals surface area contributed by atoms with E-state index in [1.165, 1.54) is 0 Å². The fourth-order valence-corrected chi connectivity index (χ4v) is 4.44. The summed E-state index contributed by atoms with van der Waals surface area (Å²) in [6, 6.07) is 10.7. The van der Waals surface area contributed by atoms with Gasteiger partial charge in [-0.05, 0) is 57.0 Å². The molecule has 0 saturated carbocycles. The van der Waals surface area contributed by atoms with Crippen molar-refractivity contribution in [1.29, 1.82) is 0 Å². The summed E-state index contributed by atoms with van der Waals surface area (Å²) < 4.78 is 16.8. The quantitative estimate of drug-likeness (QED) is 0.429. The van der Waals surface area contributed by atoms with Crippen LogP contribution in [0.4, 0.5) is 0 Å². The van der Waals surface area contributed by atoms with Gasteiger partial charge in [-0.15, -0.1) is 0 Å². The summed E-state index contributed by atoms with van der Waals surface area (Å²) in [7, 11) is 1.65. The number of nitrogens with one attached hydrogen (secondary N) is 1. The lowest BCUT2D eigenvalue weighted by Crippen LogP contribution is -2.31. The van der Waals surface area contributed by atoms with E-state index in [4.69, 9.17) is 14.2 Å². The first-order valence-electron chi connectivity index (χ1n) is 11.6. The molecule has 2 aromatic carbocycles. The number of aromatic nitrogens is 2. The van der Waals surface area contributed by atoms with Crippen LogP contribution in [0.3, 0.4) is 0 Å². The molecule has 1 aliphatic heterocycles. The summed E-state index contributed by atoms with van der Waals surface area (Å²) in [5.74, 6) is 1.27. The van der Waals surface area contributed by atoms with Gasteiger partial charge in [-0.2, -0.15) is 5.10 Å². The largest absolute Gasteiger partial charge is 0.507 e. The van der Waals surface area contributed by atoms with Crippen molar-refractivity contribution in [3.05, 3.63) is 58.8 Å². The number of methoxy groups -OCH3 is 1. The van der Waals surface area contributed by atoms with E-state index in [1.807, 2.05) is 56.0 Å². The first-order valence-corrected chi connectivity index (χ1v) is 11.6. The van der Waals surface area contributed by atoms with E-state index in [0.29, 0.717) is 61.2 Å². The van der Waals surface area contributed by atoms with Crippen LogP contribution in [0.5, 0.6) is 17.2 Å². The summed E-state index contributed by atoms with van der Waals surface area (Å²) in [6.45, 7) is 7.87. The van der Waals surface area contributed by atoms with Crippen molar-refractivity contribution >= 4 is 5.91 Å². The number of H-pyrrole nitrogens is 1. The van der Waals surface area contributed by atoms with E-state index >= 15 is 0 Å². The van der Waals surface area contributed by atoms with Crippen LogP contribution in [0.2, 0.25) is 0 Å². The number of carbonyl (C=O) groups excluding carboxylic acids is 1. The third-order valence-electron chi connectivity index (χ3n) is 5.90. The molecule has 1 aromatic heterocycles. The molecule has 1 amide bonds. The summed E-state index contributed by atoms with van der Waals surface area (Å²) in [6.07, 6.45) is 0.691. The molecule has 3 aromatic rings. The van der Waals surface area contributed by atoms with E-state index in [1.54, 1.807) is 13.2 Å². The van der Waals surface area contributed by atoms with Crippen molar-refractivity contribution in [3.8, 4) is 28.5 Å². The van der Waals surface area contributed by atoms with Gasteiger partial charge < -0.3 is 24.2 Å². The van der Waals surface area contributed by atoms with Crippen LogP contribution in [0, 0.1) is 6.92 Å². The summed E-state index contributed by atoms with van der Waals surface area (Å²) in [5.41, 5.74) is 4.20. The molecule has 0 radical (unpaired) electrons. The zero-order valence-electron chi connectivity index (χ0n) is 20.1. The molecule has 0 bridgehead atoms. The van der Waals surface area contributed by atoms with Gasteiger partial charge >= 0.3 is 0 Å². The highest BCUT2D eigenvalue weighted by Gasteiger charge is 2.42. The molecule has 0 spiro atoms. The second-order valence-corrected chi connectivity index (χ2v) is 8.20. The number of hydrogen-bond donors (Lipinski definition) is 2. The van der Waals surface area contributed by atoms with Gasteiger partial charge in [0.15, 0.2) is 11.5 Å². The average molecular weight is 466 g/mol. The second kappa shape index (κ2) is 10.2. The Hall–Kier alpha value is -3.52. The number of nitrogens with zero attached hydrogens (tertiary/aromatic N) is 2. The lowest BCUT2D eigenvalue weighted by Gasteiger charge is -2.27. The number of carbonyl (C=O) groups is 1. The zero-order valence-corrected chi connectivity index (χ0v) is 20.1. The number of fused-ring (bicyclic) bond motifs is 1. The highest BCUT2D eigenvalue weighted by molar-refractivity contribution is 6.00. The number of ether oxygens (including phenoxy) is 3. The van der Waals surface area contributed by atoms with Crippen molar-refractivity contribution in [2.75, 3.05) is 33.5 Å². The third kappa shape index (κ3) is 4.33. The van der Waals surface area contributed by atoms with Gasteiger partial charge in [0.25, 0.3) is 5.91 Å². The number of benzene rings is 2. The SMILES string of the molecule is CCOc1ccc([C@@H]2c3c(-c4cc(C)ccc4O)n[nH]c3C(=O)N2CCCOC)cc1OCC. The molecule has 4 rings (SSSR count). The topological polar surface area (TPSA) is 96.9 Å². The molecule has 34 heavy (non-hydrogen) atoms. The Morgan fingerprint density at radius 3 is 2.59 bits per heavy atom. The van der Waals surface area contributed by atoms with Crippen LogP contribution in [0.25, 0.3) is 11.3 Å². The van der Waals surface area contributed by atoms with E-state index in [9.17, 15) is 9.90 Å². The van der Waals surface area contributed by atoms with Crippen LogP contribution in [0.1, 0.15) is 53.5 Å². The van der Waals surface area contributed by atoms with E-state index in [2.05, 4.69) is 10.2 Å². The molecule has 8 heteroatoms. The number of phenols is 1. The number of aryl methyl sites for hydroxylation is 1. The molecule has 8 nitrogen and oxygen atoms in total. The molecule has 0 unspecified atom stereocenters. The molecule has 180 valence electrons. The van der Waals surface area contributed by atoms with Crippen LogP contribution in [-0.2, 0) is 4.74 Å². The molecule has 1 atom stereocenters. The highest BCUT2D eigenvalue weighted by Crippen LogP contribution is 2.46. The average Bonchev–Trinajstić information content (AvgIpc) is 3.36. The Kier molecular flexibility index (Phi) is 7.07. The van der Waals surface area contributed by atoms with Gasteiger partial charge in [-0.1, -0.05) is 17.7 Å². The number of aromatic hydroxyl groups is 1. The molecular weight excluding hydrogens is 434 g/mol. The molecule has 0 fully saturated rings. The number of phenolic OH excluding ortho intramolecular Hbond substituents is 1. The first-order chi connectivity index (χ1) is 16.5. The number of rotatable bonds is 10. The lowest BCUT2D eigenvalue weighted by molar-refractivity contribution is 0.0723.